The molecule has 0 saturated heterocycles. The second-order valence-corrected chi connectivity index (χ2v) is 5.72. The zero-order valence-corrected chi connectivity index (χ0v) is 16.2. The first-order chi connectivity index (χ1) is 14.1. The predicted molar refractivity (Wildman–Crippen MR) is 111 cm³/mol. The van der Waals surface area contributed by atoms with Gasteiger partial charge in [-0.05, 0) is 42.3 Å². The Kier molecular flexibility index (Phi) is 8.04. The third-order valence-electron chi connectivity index (χ3n) is 3.77. The van der Waals surface area contributed by atoms with Crippen LogP contribution in [-0.2, 0) is 9.53 Å². The van der Waals surface area contributed by atoms with Crippen molar-refractivity contribution in [3.05, 3.63) is 93.9 Å². The minimum atomic E-state index is -0.433. The normalized spacial score (nSPS) is 11.2. The molecule has 6 nitrogen and oxygen atoms in total. The van der Waals surface area contributed by atoms with E-state index in [4.69, 9.17) is 27.4 Å². The number of carbonyl (C=O) groups excluding carboxylic acids is 1. The van der Waals surface area contributed by atoms with Gasteiger partial charge in [-0.25, -0.2) is 4.79 Å². The van der Waals surface area contributed by atoms with Gasteiger partial charge in [0.25, 0.3) is 0 Å². The van der Waals surface area contributed by atoms with Crippen LogP contribution in [0.3, 0.4) is 0 Å². The predicted octanol–water partition coefficient (Wildman–Crippen LogP) is 4.86. The Morgan fingerprint density at radius 1 is 0.897 bits per heavy atom. The maximum absolute atomic E-state index is 11.3. The van der Waals surface area contributed by atoms with Crippen molar-refractivity contribution in [2.45, 2.75) is 6.92 Å². The molecule has 0 amide bonds. The molecule has 6 heteroatoms. The molecule has 0 atom stereocenters. The highest BCUT2D eigenvalue weighted by atomic mass is 16.6. The van der Waals surface area contributed by atoms with Crippen molar-refractivity contribution in [2.75, 3.05) is 20.3 Å². The zero-order chi connectivity index (χ0) is 21.1. The lowest BCUT2D eigenvalue weighted by Gasteiger charge is -2.06. The standard InChI is InChI=1S/C23H20N2O4/c1-5-28-23(26)16-29-20-12-8-18(9-13-20)15-22(25-3)21(24-2)14-17-6-10-19(27-4)11-7-17/h6-15H,5,16H2,1,4H3. The van der Waals surface area contributed by atoms with Crippen LogP contribution in [0.4, 0.5) is 0 Å². The maximum Gasteiger partial charge on any atom is 0.344 e. The number of hydrogen-bond donors (Lipinski definition) is 0. The van der Waals surface area contributed by atoms with Crippen molar-refractivity contribution in [1.82, 2.24) is 0 Å². The highest BCUT2D eigenvalue weighted by Crippen LogP contribution is 2.23. The van der Waals surface area contributed by atoms with Crippen LogP contribution in [0.2, 0.25) is 0 Å². The van der Waals surface area contributed by atoms with E-state index in [9.17, 15) is 4.79 Å². The summed E-state index contributed by atoms with van der Waals surface area (Å²) in [5, 5.41) is 0. The first-order valence-corrected chi connectivity index (χ1v) is 8.80. The number of ether oxygens (including phenoxy) is 3. The maximum atomic E-state index is 11.3. The van der Waals surface area contributed by atoms with Gasteiger partial charge in [0.05, 0.1) is 26.9 Å². The van der Waals surface area contributed by atoms with Crippen LogP contribution < -0.4 is 9.47 Å². The third kappa shape index (κ3) is 6.57. The second-order valence-electron chi connectivity index (χ2n) is 5.72. The highest BCUT2D eigenvalue weighted by molar-refractivity contribution is 5.71. The average Bonchev–Trinajstić information content (AvgIpc) is 2.76. The van der Waals surface area contributed by atoms with Crippen molar-refractivity contribution >= 4 is 18.1 Å². The van der Waals surface area contributed by atoms with Gasteiger partial charge >= 0.3 is 5.97 Å². The molecular formula is C23H20N2O4. The van der Waals surface area contributed by atoms with Crippen LogP contribution in [-0.4, -0.2) is 26.3 Å². The number of esters is 1. The molecule has 0 aliphatic rings. The van der Waals surface area contributed by atoms with Gasteiger partial charge in [0, 0.05) is 0 Å². The summed E-state index contributed by atoms with van der Waals surface area (Å²) in [6, 6.07) is 14.1. The SMILES string of the molecule is [C-]#[N+]C(=Cc1ccc(OC)cc1)C(=Cc1ccc(OCC(=O)OCC)cc1)[N+]#[C-]. The Morgan fingerprint density at radius 3 is 1.79 bits per heavy atom. The molecule has 2 aromatic carbocycles. The first kappa shape index (κ1) is 21.3. The summed E-state index contributed by atoms with van der Waals surface area (Å²) in [5.41, 5.74) is 2.02. The Balaban J connectivity index is 2.16. The summed E-state index contributed by atoms with van der Waals surface area (Å²) in [7, 11) is 1.59. The van der Waals surface area contributed by atoms with E-state index in [0.717, 1.165) is 16.9 Å². The monoisotopic (exact) mass is 388 g/mol. The third-order valence-corrected chi connectivity index (χ3v) is 3.77. The number of methoxy groups -OCH3 is 1. The molecule has 2 aromatic rings. The molecule has 0 spiro atoms. The van der Waals surface area contributed by atoms with Gasteiger partial charge in [-0.15, -0.1) is 0 Å². The minimum Gasteiger partial charge on any atom is -0.497 e. The van der Waals surface area contributed by atoms with Crippen LogP contribution in [0.5, 0.6) is 11.5 Å². The van der Waals surface area contributed by atoms with E-state index in [-0.39, 0.29) is 18.0 Å². The molecule has 0 unspecified atom stereocenters. The fourth-order valence-corrected chi connectivity index (χ4v) is 2.35. The largest absolute Gasteiger partial charge is 0.497 e. The van der Waals surface area contributed by atoms with Gasteiger partial charge in [-0.3, -0.25) is 9.69 Å². The fraction of sp³-hybridized carbons (Fsp3) is 0.174. The summed E-state index contributed by atoms with van der Waals surface area (Å²) in [5.74, 6) is 0.800. The lowest BCUT2D eigenvalue weighted by atomic mass is 10.1. The van der Waals surface area contributed by atoms with Crippen LogP contribution in [0.25, 0.3) is 21.8 Å². The van der Waals surface area contributed by atoms with Crippen molar-refractivity contribution in [2.24, 2.45) is 0 Å². The molecule has 0 N–H and O–H groups in total. The molecular weight excluding hydrogens is 368 g/mol. The Hall–Kier alpha value is -4.03. The molecule has 0 radical (unpaired) electrons. The van der Waals surface area contributed by atoms with E-state index in [2.05, 4.69) is 9.69 Å². The summed E-state index contributed by atoms with van der Waals surface area (Å²) in [6.45, 7) is 16.7. The molecule has 0 aliphatic carbocycles. The average molecular weight is 388 g/mol. The number of carbonyl (C=O) groups is 1. The second kappa shape index (κ2) is 11.0. The molecule has 0 aromatic heterocycles. The fourth-order valence-electron chi connectivity index (χ4n) is 2.35. The van der Waals surface area contributed by atoms with Gasteiger partial charge in [-0.2, -0.15) is 0 Å². The van der Waals surface area contributed by atoms with Gasteiger partial charge in [0.15, 0.2) is 18.0 Å². The van der Waals surface area contributed by atoms with E-state index in [0.29, 0.717) is 12.4 Å². The van der Waals surface area contributed by atoms with Crippen LogP contribution in [0.1, 0.15) is 18.1 Å². The van der Waals surface area contributed by atoms with Crippen molar-refractivity contribution < 1.29 is 19.0 Å². The molecule has 0 fully saturated rings. The quantitative estimate of drug-likeness (QED) is 0.368. The van der Waals surface area contributed by atoms with Gasteiger partial charge < -0.3 is 14.2 Å². The lowest BCUT2D eigenvalue weighted by Crippen LogP contribution is -2.14. The van der Waals surface area contributed by atoms with E-state index in [1.165, 1.54) is 0 Å². The van der Waals surface area contributed by atoms with E-state index in [1.807, 2.05) is 12.1 Å². The molecule has 29 heavy (non-hydrogen) atoms. The van der Waals surface area contributed by atoms with Crippen molar-refractivity contribution in [1.29, 1.82) is 0 Å². The summed E-state index contributed by atoms with van der Waals surface area (Å²) >= 11 is 0. The zero-order valence-electron chi connectivity index (χ0n) is 16.2. The number of benzene rings is 2. The molecule has 0 aliphatic heterocycles. The Bertz CT molecular complexity index is 976. The number of nitrogens with zero attached hydrogens (tertiary/aromatic N) is 2. The Morgan fingerprint density at radius 2 is 1.38 bits per heavy atom. The van der Waals surface area contributed by atoms with Crippen LogP contribution >= 0.6 is 0 Å². The van der Waals surface area contributed by atoms with Crippen molar-refractivity contribution in [3.8, 4) is 11.5 Å². The lowest BCUT2D eigenvalue weighted by molar-refractivity contribution is -0.145. The minimum absolute atomic E-state index is 0.164. The molecule has 2 rings (SSSR count). The number of rotatable bonds is 8. The van der Waals surface area contributed by atoms with Crippen LogP contribution in [0.15, 0.2) is 59.9 Å². The smallest absolute Gasteiger partial charge is 0.344 e. The van der Waals surface area contributed by atoms with Gasteiger partial charge in [-0.1, -0.05) is 36.4 Å². The van der Waals surface area contributed by atoms with E-state index >= 15 is 0 Å². The topological polar surface area (TPSA) is 53.5 Å². The molecule has 0 heterocycles. The van der Waals surface area contributed by atoms with E-state index < -0.39 is 5.97 Å². The summed E-state index contributed by atoms with van der Waals surface area (Å²) in [6.07, 6.45) is 3.29. The van der Waals surface area contributed by atoms with Crippen LogP contribution in [0, 0.1) is 13.1 Å². The van der Waals surface area contributed by atoms with Gasteiger partial charge in [0.1, 0.15) is 11.5 Å². The molecule has 0 saturated carbocycles. The first-order valence-electron chi connectivity index (χ1n) is 8.80. The Labute approximate surface area is 170 Å². The van der Waals surface area contributed by atoms with Gasteiger partial charge in [0.2, 0.25) is 0 Å². The number of hydrogen-bond acceptors (Lipinski definition) is 4. The molecule has 146 valence electrons. The highest BCUT2D eigenvalue weighted by Gasteiger charge is 2.07. The summed E-state index contributed by atoms with van der Waals surface area (Å²) < 4.78 is 15.3. The summed E-state index contributed by atoms with van der Waals surface area (Å²) in [4.78, 5) is 18.3. The van der Waals surface area contributed by atoms with Crippen molar-refractivity contribution in [3.63, 3.8) is 0 Å². The van der Waals surface area contributed by atoms with E-state index in [1.54, 1.807) is 62.6 Å². The molecule has 0 bridgehead atoms.